The number of nitrogens with two attached hydrogens (primary N) is 1. The van der Waals surface area contributed by atoms with Crippen LogP contribution in [0.1, 0.15) is 16.1 Å². The number of aromatic nitrogens is 3. The van der Waals surface area contributed by atoms with Crippen molar-refractivity contribution in [1.82, 2.24) is 15.0 Å². The monoisotopic (exact) mass is 409 g/mol. The molecule has 4 rings (SSSR count). The third kappa shape index (κ3) is 4.04. The molecular weight excluding hydrogens is 395 g/mol. The molecule has 0 atom stereocenters. The van der Waals surface area contributed by atoms with E-state index >= 15 is 0 Å². The van der Waals surface area contributed by atoms with Gasteiger partial charge in [-0.1, -0.05) is 12.1 Å². The van der Waals surface area contributed by atoms with Gasteiger partial charge in [-0.15, -0.1) is 0 Å². The predicted molar refractivity (Wildman–Crippen MR) is 107 cm³/mol. The lowest BCUT2D eigenvalue weighted by Gasteiger charge is -2.10. The number of anilines is 2. The number of hydrogen-bond acceptors (Lipinski definition) is 5. The van der Waals surface area contributed by atoms with Crippen LogP contribution in [0.4, 0.5) is 24.8 Å². The highest BCUT2D eigenvalue weighted by Crippen LogP contribution is 2.31. The maximum atomic E-state index is 12.9. The summed E-state index contributed by atoms with van der Waals surface area (Å²) in [4.78, 5) is 24.7. The van der Waals surface area contributed by atoms with E-state index in [9.17, 15) is 18.0 Å². The van der Waals surface area contributed by atoms with Crippen molar-refractivity contribution >= 4 is 28.4 Å². The molecule has 0 aliphatic rings. The van der Waals surface area contributed by atoms with Crippen molar-refractivity contribution in [3.63, 3.8) is 0 Å². The number of hydrogen-bond donors (Lipinski definition) is 2. The SMILES string of the molecule is Nc1ncc2cc(-c3ccnc(C(=O)Nc4cccc(C(F)(F)F)c4)c3)ccc2n1. The Morgan fingerprint density at radius 1 is 0.967 bits per heavy atom. The maximum absolute atomic E-state index is 12.9. The van der Waals surface area contributed by atoms with E-state index in [0.29, 0.717) is 11.1 Å². The van der Waals surface area contributed by atoms with Crippen LogP contribution in [0.3, 0.4) is 0 Å². The second-order valence-corrected chi connectivity index (χ2v) is 6.46. The molecule has 0 unspecified atom stereocenters. The molecule has 30 heavy (non-hydrogen) atoms. The molecule has 4 aromatic rings. The lowest BCUT2D eigenvalue weighted by Crippen LogP contribution is -2.14. The Kier molecular flexibility index (Phi) is 4.78. The van der Waals surface area contributed by atoms with Crippen molar-refractivity contribution in [2.75, 3.05) is 11.1 Å². The number of carbonyl (C=O) groups is 1. The Bertz CT molecular complexity index is 1260. The van der Waals surface area contributed by atoms with Gasteiger partial charge in [0.2, 0.25) is 5.95 Å². The van der Waals surface area contributed by atoms with E-state index < -0.39 is 17.6 Å². The summed E-state index contributed by atoms with van der Waals surface area (Å²) in [6.07, 6.45) is -1.44. The summed E-state index contributed by atoms with van der Waals surface area (Å²) in [5.41, 5.74) is 7.02. The molecule has 150 valence electrons. The fraction of sp³-hybridized carbons (Fsp3) is 0.0476. The molecule has 0 saturated carbocycles. The van der Waals surface area contributed by atoms with Crippen LogP contribution in [0.15, 0.2) is 67.0 Å². The number of carbonyl (C=O) groups excluding carboxylic acids is 1. The molecule has 0 radical (unpaired) electrons. The van der Waals surface area contributed by atoms with Gasteiger partial charge in [-0.3, -0.25) is 9.78 Å². The van der Waals surface area contributed by atoms with Gasteiger partial charge in [0.25, 0.3) is 5.91 Å². The molecule has 6 nitrogen and oxygen atoms in total. The van der Waals surface area contributed by atoms with E-state index in [4.69, 9.17) is 5.73 Å². The minimum Gasteiger partial charge on any atom is -0.368 e. The number of halogens is 3. The largest absolute Gasteiger partial charge is 0.416 e. The van der Waals surface area contributed by atoms with Gasteiger partial charge in [-0.05, 0) is 53.6 Å². The lowest BCUT2D eigenvalue weighted by molar-refractivity contribution is -0.137. The first kappa shape index (κ1) is 19.3. The molecule has 2 aromatic carbocycles. The first-order chi connectivity index (χ1) is 14.3. The third-order valence-electron chi connectivity index (χ3n) is 4.37. The summed E-state index contributed by atoms with van der Waals surface area (Å²) in [5, 5.41) is 3.22. The van der Waals surface area contributed by atoms with Gasteiger partial charge in [-0.2, -0.15) is 13.2 Å². The molecule has 0 spiro atoms. The predicted octanol–water partition coefficient (Wildman–Crippen LogP) is 4.55. The lowest BCUT2D eigenvalue weighted by atomic mass is 10.0. The summed E-state index contributed by atoms with van der Waals surface area (Å²) < 4.78 is 38.6. The van der Waals surface area contributed by atoms with Crippen LogP contribution in [0.2, 0.25) is 0 Å². The minimum absolute atomic E-state index is 0.0301. The average Bonchev–Trinajstić information content (AvgIpc) is 2.73. The number of nitrogens with one attached hydrogen (secondary N) is 1. The van der Waals surface area contributed by atoms with Gasteiger partial charge in [0, 0.05) is 23.5 Å². The maximum Gasteiger partial charge on any atom is 0.416 e. The molecule has 2 heterocycles. The van der Waals surface area contributed by atoms with Crippen LogP contribution in [-0.2, 0) is 6.18 Å². The van der Waals surface area contributed by atoms with Gasteiger partial charge in [0.1, 0.15) is 5.69 Å². The van der Waals surface area contributed by atoms with Crippen LogP contribution in [0, 0.1) is 0 Å². The number of nitrogens with zero attached hydrogens (tertiary/aromatic N) is 3. The zero-order valence-electron chi connectivity index (χ0n) is 15.3. The third-order valence-corrected chi connectivity index (χ3v) is 4.37. The van der Waals surface area contributed by atoms with Crippen molar-refractivity contribution in [3.05, 3.63) is 78.2 Å². The fourth-order valence-electron chi connectivity index (χ4n) is 2.93. The molecule has 1 amide bonds. The van der Waals surface area contributed by atoms with E-state index in [2.05, 4.69) is 20.3 Å². The van der Waals surface area contributed by atoms with Crippen molar-refractivity contribution in [1.29, 1.82) is 0 Å². The molecule has 0 aliphatic carbocycles. The first-order valence-electron chi connectivity index (χ1n) is 8.77. The number of rotatable bonds is 3. The van der Waals surface area contributed by atoms with Gasteiger partial charge >= 0.3 is 6.18 Å². The summed E-state index contributed by atoms with van der Waals surface area (Å²) >= 11 is 0. The molecule has 2 aromatic heterocycles. The molecule has 3 N–H and O–H groups in total. The Hall–Kier alpha value is -4.01. The standard InChI is InChI=1S/C21H14F3N5O/c22-21(23,24)15-2-1-3-16(10-15)28-19(30)18-9-13(6-7-26-18)12-4-5-17-14(8-12)11-27-20(25)29-17/h1-11H,(H,28,30)(H2,25,27,29). The van der Waals surface area contributed by atoms with E-state index in [1.165, 1.54) is 18.3 Å². The number of fused-ring (bicyclic) bond motifs is 1. The first-order valence-corrected chi connectivity index (χ1v) is 8.77. The average molecular weight is 409 g/mol. The molecule has 0 aliphatic heterocycles. The highest BCUT2D eigenvalue weighted by Gasteiger charge is 2.30. The Labute approximate surface area is 168 Å². The number of pyridine rings is 1. The molecule has 9 heteroatoms. The zero-order chi connectivity index (χ0) is 21.3. The van der Waals surface area contributed by atoms with Crippen molar-refractivity contribution in [3.8, 4) is 11.1 Å². The van der Waals surface area contributed by atoms with Crippen LogP contribution >= 0.6 is 0 Å². The topological polar surface area (TPSA) is 93.8 Å². The van der Waals surface area contributed by atoms with E-state index in [0.717, 1.165) is 23.1 Å². The zero-order valence-corrected chi connectivity index (χ0v) is 15.3. The molecule has 0 bridgehead atoms. The number of amides is 1. The summed E-state index contributed by atoms with van der Waals surface area (Å²) in [6, 6.07) is 13.1. The van der Waals surface area contributed by atoms with Crippen LogP contribution in [0.5, 0.6) is 0 Å². The van der Waals surface area contributed by atoms with E-state index in [-0.39, 0.29) is 17.3 Å². The van der Waals surface area contributed by atoms with Crippen LogP contribution < -0.4 is 11.1 Å². The van der Waals surface area contributed by atoms with Crippen molar-refractivity contribution in [2.24, 2.45) is 0 Å². The number of benzene rings is 2. The fourth-order valence-corrected chi connectivity index (χ4v) is 2.93. The Morgan fingerprint density at radius 2 is 1.77 bits per heavy atom. The highest BCUT2D eigenvalue weighted by molar-refractivity contribution is 6.03. The van der Waals surface area contributed by atoms with E-state index in [1.54, 1.807) is 24.4 Å². The summed E-state index contributed by atoms with van der Waals surface area (Å²) in [5.74, 6) is -0.444. The van der Waals surface area contributed by atoms with Crippen molar-refractivity contribution < 1.29 is 18.0 Å². The van der Waals surface area contributed by atoms with Gasteiger partial charge in [0.05, 0.1) is 11.1 Å². The van der Waals surface area contributed by atoms with Gasteiger partial charge in [0.15, 0.2) is 0 Å². The minimum atomic E-state index is -4.50. The normalized spacial score (nSPS) is 11.4. The molecule has 0 saturated heterocycles. The van der Waals surface area contributed by atoms with Crippen LogP contribution in [0.25, 0.3) is 22.0 Å². The second kappa shape index (κ2) is 7.43. The van der Waals surface area contributed by atoms with Crippen LogP contribution in [-0.4, -0.2) is 20.9 Å². The Morgan fingerprint density at radius 3 is 2.57 bits per heavy atom. The smallest absolute Gasteiger partial charge is 0.368 e. The highest BCUT2D eigenvalue weighted by atomic mass is 19.4. The summed E-state index contributed by atoms with van der Waals surface area (Å²) in [7, 11) is 0. The Balaban J connectivity index is 1.60. The van der Waals surface area contributed by atoms with Gasteiger partial charge < -0.3 is 11.1 Å². The molecule has 0 fully saturated rings. The van der Waals surface area contributed by atoms with E-state index in [1.807, 2.05) is 12.1 Å². The molecular formula is C21H14F3N5O. The second-order valence-electron chi connectivity index (χ2n) is 6.46. The summed E-state index contributed by atoms with van der Waals surface area (Å²) in [6.45, 7) is 0. The van der Waals surface area contributed by atoms with Crippen molar-refractivity contribution in [2.45, 2.75) is 6.18 Å². The quantitative estimate of drug-likeness (QED) is 0.518. The number of nitrogen functional groups attached to an aromatic ring is 1. The van der Waals surface area contributed by atoms with Gasteiger partial charge in [-0.25, -0.2) is 9.97 Å². The number of alkyl halides is 3.